The van der Waals surface area contributed by atoms with E-state index in [0.717, 1.165) is 24.3 Å². The van der Waals surface area contributed by atoms with Gasteiger partial charge >= 0.3 is 0 Å². The number of pyridine rings is 1. The Morgan fingerprint density at radius 1 is 1.26 bits per heavy atom. The Balaban J connectivity index is 1.46. The molecule has 0 aliphatic carbocycles. The molecule has 11 heteroatoms. The fourth-order valence-electron chi connectivity index (χ4n) is 4.45. The number of hydrogen-bond acceptors (Lipinski definition) is 9. The van der Waals surface area contributed by atoms with Crippen LogP contribution in [0.5, 0.6) is 0 Å². The number of anilines is 2. The molecule has 11 nitrogen and oxygen atoms in total. The molecule has 0 spiro atoms. The lowest BCUT2D eigenvalue weighted by Crippen LogP contribution is -2.52. The number of fused-ring (bicyclic) bond motifs is 1. The second-order valence-electron chi connectivity index (χ2n) is 9.21. The Labute approximate surface area is 201 Å². The number of nitrogens with one attached hydrogen (secondary N) is 1. The molecule has 4 aromatic rings. The number of hydrogen-bond donors (Lipinski definition) is 2. The number of nitrogens with two attached hydrogens (primary N) is 1. The molecule has 1 aliphatic rings. The number of amides is 1. The fraction of sp³-hybridized carbons (Fsp3) is 0.292. The summed E-state index contributed by atoms with van der Waals surface area (Å²) in [7, 11) is 0. The van der Waals surface area contributed by atoms with Crippen LogP contribution in [-0.4, -0.2) is 54.8 Å². The number of carbonyl (C=O) groups excluding carboxylic acids is 1. The van der Waals surface area contributed by atoms with Gasteiger partial charge in [0.05, 0.1) is 11.3 Å². The highest BCUT2D eigenvalue weighted by Crippen LogP contribution is 2.34. The van der Waals surface area contributed by atoms with Crippen molar-refractivity contribution in [1.29, 1.82) is 5.26 Å². The predicted molar refractivity (Wildman–Crippen MR) is 130 cm³/mol. The summed E-state index contributed by atoms with van der Waals surface area (Å²) in [5, 5.41) is 25.4. The lowest BCUT2D eigenvalue weighted by molar-refractivity contribution is 0.1000. The predicted octanol–water partition coefficient (Wildman–Crippen LogP) is 2.27. The molecule has 0 bridgehead atoms. The van der Waals surface area contributed by atoms with E-state index < -0.39 is 5.91 Å². The molecular formula is C24H24N10O. The molecule has 1 atom stereocenters. The summed E-state index contributed by atoms with van der Waals surface area (Å²) in [4.78, 5) is 23.0. The van der Waals surface area contributed by atoms with Gasteiger partial charge in [-0.15, -0.1) is 10.2 Å². The number of nitriles is 1. The Morgan fingerprint density at radius 3 is 2.77 bits per heavy atom. The van der Waals surface area contributed by atoms with Crippen molar-refractivity contribution < 1.29 is 4.79 Å². The number of aromatic nitrogens is 6. The monoisotopic (exact) mass is 468 g/mol. The minimum Gasteiger partial charge on any atom is -0.366 e. The summed E-state index contributed by atoms with van der Waals surface area (Å²) in [6.07, 6.45) is 5.69. The molecular weight excluding hydrogens is 444 g/mol. The lowest BCUT2D eigenvalue weighted by Gasteiger charge is -2.45. The van der Waals surface area contributed by atoms with E-state index in [0.29, 0.717) is 23.7 Å². The minimum atomic E-state index is -0.580. The number of rotatable bonds is 5. The molecule has 0 saturated carbocycles. The molecule has 1 aliphatic heterocycles. The van der Waals surface area contributed by atoms with E-state index in [1.165, 1.54) is 6.20 Å². The summed E-state index contributed by atoms with van der Waals surface area (Å²) in [6, 6.07) is 11.1. The molecule has 5 heterocycles. The number of nitrogens with zero attached hydrogens (tertiary/aromatic N) is 8. The van der Waals surface area contributed by atoms with E-state index in [1.54, 1.807) is 23.0 Å². The molecule has 1 saturated heterocycles. The van der Waals surface area contributed by atoms with Crippen LogP contribution < -0.4 is 16.0 Å². The van der Waals surface area contributed by atoms with E-state index in [2.05, 4.69) is 44.2 Å². The van der Waals surface area contributed by atoms with Crippen molar-refractivity contribution >= 4 is 23.2 Å². The zero-order valence-electron chi connectivity index (χ0n) is 19.4. The van der Waals surface area contributed by atoms with E-state index in [1.807, 2.05) is 30.3 Å². The van der Waals surface area contributed by atoms with E-state index in [-0.39, 0.29) is 22.7 Å². The Morgan fingerprint density at radius 2 is 2.11 bits per heavy atom. The molecule has 0 radical (unpaired) electrons. The third-order valence-corrected chi connectivity index (χ3v) is 6.34. The first kappa shape index (κ1) is 22.2. The highest BCUT2D eigenvalue weighted by molar-refractivity contribution is 5.97. The van der Waals surface area contributed by atoms with Crippen LogP contribution in [0.2, 0.25) is 0 Å². The van der Waals surface area contributed by atoms with Crippen LogP contribution in [-0.2, 0) is 0 Å². The van der Waals surface area contributed by atoms with Crippen molar-refractivity contribution in [2.75, 3.05) is 23.3 Å². The van der Waals surface area contributed by atoms with Gasteiger partial charge in [-0.25, -0.2) is 4.98 Å². The third kappa shape index (κ3) is 4.21. The zero-order valence-corrected chi connectivity index (χ0v) is 19.4. The minimum absolute atomic E-state index is 0.0137. The normalized spacial score (nSPS) is 17.2. The molecule has 4 aromatic heterocycles. The highest BCUT2D eigenvalue weighted by Gasteiger charge is 2.37. The van der Waals surface area contributed by atoms with Gasteiger partial charge in [0.25, 0.3) is 5.91 Å². The lowest BCUT2D eigenvalue weighted by atomic mass is 9.79. The van der Waals surface area contributed by atoms with E-state index in [9.17, 15) is 4.79 Å². The van der Waals surface area contributed by atoms with Crippen LogP contribution in [0.25, 0.3) is 16.9 Å². The van der Waals surface area contributed by atoms with Crippen LogP contribution in [0.1, 0.15) is 36.3 Å². The van der Waals surface area contributed by atoms with Crippen LogP contribution in [0.3, 0.4) is 0 Å². The highest BCUT2D eigenvalue weighted by atomic mass is 16.1. The van der Waals surface area contributed by atoms with Crippen molar-refractivity contribution in [2.24, 2.45) is 11.1 Å². The smallest absolute Gasteiger partial charge is 0.254 e. The largest absolute Gasteiger partial charge is 0.366 e. The standard InChI is InChI=1S/C24H24N10O/c1-24(2)14-33(20-6-5-16(11-25)30-31-20)9-7-19(24)29-23-17(22(26)35)13-28-21-10-18(32-34(21)23)15-4-3-8-27-12-15/h3-6,8,10,12-13,19,29H,7,9,14H2,1-2H3,(H2,26,35)/t19-/m1/s1. The van der Waals surface area contributed by atoms with Crippen molar-refractivity contribution in [3.63, 3.8) is 0 Å². The van der Waals surface area contributed by atoms with Gasteiger partial charge in [-0.3, -0.25) is 9.78 Å². The van der Waals surface area contributed by atoms with Gasteiger partial charge in [0.1, 0.15) is 11.9 Å². The average molecular weight is 469 g/mol. The Bertz CT molecular complexity index is 1420. The third-order valence-electron chi connectivity index (χ3n) is 6.34. The maximum Gasteiger partial charge on any atom is 0.254 e. The van der Waals surface area contributed by atoms with Crippen LogP contribution in [0.4, 0.5) is 11.6 Å². The fourth-order valence-corrected chi connectivity index (χ4v) is 4.45. The van der Waals surface area contributed by atoms with Gasteiger partial charge in [0, 0.05) is 54.8 Å². The second kappa shape index (κ2) is 8.64. The van der Waals surface area contributed by atoms with Crippen LogP contribution >= 0.6 is 0 Å². The summed E-state index contributed by atoms with van der Waals surface area (Å²) in [5.41, 5.74) is 8.19. The average Bonchev–Trinajstić information content (AvgIpc) is 3.30. The molecule has 1 amide bonds. The Hall–Kier alpha value is -4.59. The maximum atomic E-state index is 12.3. The molecule has 35 heavy (non-hydrogen) atoms. The second-order valence-corrected chi connectivity index (χ2v) is 9.21. The van der Waals surface area contributed by atoms with Crippen LogP contribution in [0.15, 0.2) is 48.9 Å². The van der Waals surface area contributed by atoms with Gasteiger partial charge in [0.15, 0.2) is 17.2 Å². The van der Waals surface area contributed by atoms with Crippen molar-refractivity contribution in [1.82, 2.24) is 29.8 Å². The summed E-state index contributed by atoms with van der Waals surface area (Å²) in [5.74, 6) is 0.665. The summed E-state index contributed by atoms with van der Waals surface area (Å²) in [6.45, 7) is 5.73. The number of primary amides is 1. The first-order valence-corrected chi connectivity index (χ1v) is 11.2. The Kier molecular flexibility index (Phi) is 5.49. The zero-order chi connectivity index (χ0) is 24.6. The first-order chi connectivity index (χ1) is 16.9. The topological polar surface area (TPSA) is 151 Å². The van der Waals surface area contributed by atoms with Gasteiger partial charge < -0.3 is 16.0 Å². The number of piperidine rings is 1. The van der Waals surface area contributed by atoms with E-state index >= 15 is 0 Å². The first-order valence-electron chi connectivity index (χ1n) is 11.2. The molecule has 1 fully saturated rings. The molecule has 0 unspecified atom stereocenters. The van der Waals surface area contributed by atoms with Gasteiger partial charge in [-0.05, 0) is 30.7 Å². The molecule has 0 aromatic carbocycles. The van der Waals surface area contributed by atoms with Crippen molar-refractivity contribution in [3.05, 3.63) is 60.2 Å². The van der Waals surface area contributed by atoms with Crippen LogP contribution in [0, 0.1) is 16.7 Å². The molecule has 3 N–H and O–H groups in total. The van der Waals surface area contributed by atoms with Gasteiger partial charge in [-0.2, -0.15) is 14.9 Å². The quantitative estimate of drug-likeness (QED) is 0.449. The van der Waals surface area contributed by atoms with E-state index in [4.69, 9.17) is 16.1 Å². The summed E-state index contributed by atoms with van der Waals surface area (Å²) < 4.78 is 1.64. The van der Waals surface area contributed by atoms with Crippen molar-refractivity contribution in [2.45, 2.75) is 26.3 Å². The van der Waals surface area contributed by atoms with Crippen molar-refractivity contribution in [3.8, 4) is 17.3 Å². The van der Waals surface area contributed by atoms with Gasteiger partial charge in [-0.1, -0.05) is 13.8 Å². The summed E-state index contributed by atoms with van der Waals surface area (Å²) >= 11 is 0. The van der Waals surface area contributed by atoms with Gasteiger partial charge in [0.2, 0.25) is 0 Å². The molecule has 5 rings (SSSR count). The maximum absolute atomic E-state index is 12.3. The number of carbonyl (C=O) groups is 1. The molecule has 176 valence electrons. The SMILES string of the molecule is CC1(C)CN(c2ccc(C#N)nn2)CC[C@H]1Nc1c(C(N)=O)cnc2cc(-c3cccnc3)nn12.